The van der Waals surface area contributed by atoms with E-state index in [0.29, 0.717) is 36.7 Å². The fourth-order valence-electron chi connectivity index (χ4n) is 4.54. The number of carbonyl (C=O) groups excluding carboxylic acids is 1. The van der Waals surface area contributed by atoms with Crippen molar-refractivity contribution in [2.45, 2.75) is 50.3 Å². The van der Waals surface area contributed by atoms with Crippen molar-refractivity contribution in [2.24, 2.45) is 5.92 Å². The van der Waals surface area contributed by atoms with Gasteiger partial charge in [0.25, 0.3) is 15.9 Å². The molecule has 1 fully saturated rings. The highest BCUT2D eigenvalue weighted by Crippen LogP contribution is 2.26. The Bertz CT molecular complexity index is 1000. The van der Waals surface area contributed by atoms with Gasteiger partial charge in [0, 0.05) is 31.7 Å². The summed E-state index contributed by atoms with van der Waals surface area (Å²) in [4.78, 5) is 17.6. The molecule has 0 N–H and O–H groups in total. The predicted molar refractivity (Wildman–Crippen MR) is 139 cm³/mol. The number of nitrogens with zero attached hydrogens (tertiary/aromatic N) is 3. The van der Waals surface area contributed by atoms with Crippen molar-refractivity contribution in [1.82, 2.24) is 9.80 Å². The number of carbonyl (C=O) groups is 1. The van der Waals surface area contributed by atoms with Crippen LogP contribution in [0.5, 0.6) is 0 Å². The number of anilines is 1. The molecule has 0 atom stereocenters. The molecular weight excluding hydrogens is 446 g/mol. The molecule has 0 aromatic heterocycles. The van der Waals surface area contributed by atoms with Crippen molar-refractivity contribution >= 4 is 21.6 Å². The molecule has 0 unspecified atom stereocenters. The number of hydrogen-bond donors (Lipinski definition) is 0. The van der Waals surface area contributed by atoms with Crippen LogP contribution in [0.3, 0.4) is 0 Å². The molecule has 1 aliphatic rings. The predicted octanol–water partition coefficient (Wildman–Crippen LogP) is 4.88. The second-order valence-corrected chi connectivity index (χ2v) is 11.4. The Morgan fingerprint density at radius 1 is 0.882 bits per heavy atom. The molecule has 1 amide bonds. The van der Waals surface area contributed by atoms with E-state index >= 15 is 0 Å². The second-order valence-electron chi connectivity index (χ2n) is 9.50. The third-order valence-electron chi connectivity index (χ3n) is 6.47. The molecule has 0 aliphatic heterocycles. The highest BCUT2D eigenvalue weighted by Gasteiger charge is 2.26. The number of likely N-dealkylation sites (N-methyl/N-ethyl adjacent to an activating group) is 1. The molecule has 0 spiro atoms. The number of benzene rings is 2. The first-order valence-electron chi connectivity index (χ1n) is 12.4. The van der Waals surface area contributed by atoms with Crippen molar-refractivity contribution in [3.05, 3.63) is 60.2 Å². The molecule has 6 nitrogen and oxygen atoms in total. The van der Waals surface area contributed by atoms with Crippen LogP contribution in [0.4, 0.5) is 5.69 Å². The standard InChI is InChI=1S/C27H39N3O3S/c1-4-19-30(25-13-9-6-10-14-25)34(32,33)26-17-15-24(16-18-26)27(31)29(21-20-28(2)3)22-23-11-7-5-8-12-23/h6,9-10,13-18,23H,4-5,7-8,11-12,19-22H2,1-3H3. The van der Waals surface area contributed by atoms with Gasteiger partial charge in [0.2, 0.25) is 0 Å². The highest BCUT2D eigenvalue weighted by atomic mass is 32.2. The van der Waals surface area contributed by atoms with Gasteiger partial charge in [0.1, 0.15) is 0 Å². The summed E-state index contributed by atoms with van der Waals surface area (Å²) in [6.07, 6.45) is 6.82. The fourth-order valence-corrected chi connectivity index (χ4v) is 6.10. The van der Waals surface area contributed by atoms with Gasteiger partial charge in [-0.15, -0.1) is 0 Å². The fraction of sp³-hybridized carbons (Fsp3) is 0.519. The van der Waals surface area contributed by atoms with Gasteiger partial charge < -0.3 is 9.80 Å². The Hall–Kier alpha value is -2.38. The lowest BCUT2D eigenvalue weighted by molar-refractivity contribution is 0.0701. The summed E-state index contributed by atoms with van der Waals surface area (Å²) in [6.45, 7) is 4.59. The highest BCUT2D eigenvalue weighted by molar-refractivity contribution is 7.92. The van der Waals surface area contributed by atoms with E-state index in [-0.39, 0.29) is 10.8 Å². The molecular formula is C27H39N3O3S. The van der Waals surface area contributed by atoms with E-state index < -0.39 is 10.0 Å². The van der Waals surface area contributed by atoms with Gasteiger partial charge in [-0.25, -0.2) is 8.42 Å². The van der Waals surface area contributed by atoms with Gasteiger partial charge >= 0.3 is 0 Å². The molecule has 2 aromatic carbocycles. The van der Waals surface area contributed by atoms with Crippen molar-refractivity contribution in [3.63, 3.8) is 0 Å². The van der Waals surface area contributed by atoms with Crippen LogP contribution in [0.25, 0.3) is 0 Å². The van der Waals surface area contributed by atoms with Crippen molar-refractivity contribution in [3.8, 4) is 0 Å². The first-order valence-corrected chi connectivity index (χ1v) is 13.9. The quantitative estimate of drug-likeness (QED) is 0.455. The number of amides is 1. The van der Waals surface area contributed by atoms with E-state index in [9.17, 15) is 13.2 Å². The van der Waals surface area contributed by atoms with E-state index in [1.54, 1.807) is 36.4 Å². The Morgan fingerprint density at radius 3 is 2.12 bits per heavy atom. The van der Waals surface area contributed by atoms with Crippen molar-refractivity contribution < 1.29 is 13.2 Å². The van der Waals surface area contributed by atoms with E-state index in [1.165, 1.54) is 36.4 Å². The van der Waals surface area contributed by atoms with Crippen LogP contribution >= 0.6 is 0 Å². The van der Waals surface area contributed by atoms with Crippen LogP contribution in [-0.4, -0.2) is 64.4 Å². The summed E-state index contributed by atoms with van der Waals surface area (Å²) >= 11 is 0. The molecule has 1 aliphatic carbocycles. The summed E-state index contributed by atoms with van der Waals surface area (Å²) in [7, 11) is 0.302. The molecule has 34 heavy (non-hydrogen) atoms. The maximum atomic E-state index is 13.4. The van der Waals surface area contributed by atoms with Gasteiger partial charge in [-0.1, -0.05) is 44.4 Å². The zero-order chi connectivity index (χ0) is 24.6. The van der Waals surface area contributed by atoms with Gasteiger partial charge in [0.05, 0.1) is 10.6 Å². The molecule has 0 saturated heterocycles. The number of hydrogen-bond acceptors (Lipinski definition) is 4. The summed E-state index contributed by atoms with van der Waals surface area (Å²) < 4.78 is 28.2. The van der Waals surface area contributed by atoms with E-state index in [1.807, 2.05) is 44.1 Å². The first-order chi connectivity index (χ1) is 16.3. The number of para-hydroxylation sites is 1. The SMILES string of the molecule is CCCN(c1ccccc1)S(=O)(=O)c1ccc(C(=O)N(CCN(C)C)CC2CCCCC2)cc1. The molecule has 186 valence electrons. The second kappa shape index (κ2) is 12.4. The lowest BCUT2D eigenvalue weighted by atomic mass is 9.89. The minimum Gasteiger partial charge on any atom is -0.337 e. The monoisotopic (exact) mass is 485 g/mol. The minimum atomic E-state index is -3.72. The Labute approximate surface area is 205 Å². The van der Waals surface area contributed by atoms with Crippen LogP contribution in [0.15, 0.2) is 59.5 Å². The maximum Gasteiger partial charge on any atom is 0.264 e. The average Bonchev–Trinajstić information content (AvgIpc) is 2.85. The largest absolute Gasteiger partial charge is 0.337 e. The van der Waals surface area contributed by atoms with E-state index in [4.69, 9.17) is 0 Å². The van der Waals surface area contributed by atoms with Crippen LogP contribution in [0.1, 0.15) is 55.8 Å². The van der Waals surface area contributed by atoms with Crippen LogP contribution in [0.2, 0.25) is 0 Å². The topological polar surface area (TPSA) is 60.9 Å². The summed E-state index contributed by atoms with van der Waals surface area (Å²) in [5, 5.41) is 0. The van der Waals surface area contributed by atoms with Crippen LogP contribution < -0.4 is 4.31 Å². The minimum absolute atomic E-state index is 0.0233. The summed E-state index contributed by atoms with van der Waals surface area (Å²) in [5.74, 6) is 0.526. The van der Waals surface area contributed by atoms with Crippen LogP contribution in [-0.2, 0) is 10.0 Å². The first kappa shape index (κ1) is 26.2. The number of rotatable bonds is 11. The molecule has 7 heteroatoms. The summed E-state index contributed by atoms with van der Waals surface area (Å²) in [5.41, 5.74) is 1.18. The third kappa shape index (κ3) is 6.83. The van der Waals surface area contributed by atoms with Crippen molar-refractivity contribution in [2.75, 3.05) is 44.6 Å². The lowest BCUT2D eigenvalue weighted by Gasteiger charge is -2.31. The smallest absolute Gasteiger partial charge is 0.264 e. The van der Waals surface area contributed by atoms with Gasteiger partial charge in [-0.05, 0) is 75.7 Å². The van der Waals surface area contributed by atoms with Gasteiger partial charge in [-0.3, -0.25) is 9.10 Å². The summed E-state index contributed by atoms with van der Waals surface area (Å²) in [6, 6.07) is 15.6. The molecule has 0 radical (unpaired) electrons. The zero-order valence-corrected chi connectivity index (χ0v) is 21.6. The molecule has 0 heterocycles. The van der Waals surface area contributed by atoms with E-state index in [0.717, 1.165) is 13.1 Å². The molecule has 2 aromatic rings. The average molecular weight is 486 g/mol. The third-order valence-corrected chi connectivity index (χ3v) is 8.31. The Balaban J connectivity index is 1.80. The normalized spacial score (nSPS) is 14.8. The molecule has 3 rings (SSSR count). The van der Waals surface area contributed by atoms with Crippen molar-refractivity contribution in [1.29, 1.82) is 0 Å². The maximum absolute atomic E-state index is 13.4. The van der Waals surface area contributed by atoms with Crippen LogP contribution in [0, 0.1) is 5.92 Å². The van der Waals surface area contributed by atoms with Gasteiger partial charge in [0.15, 0.2) is 0 Å². The molecule has 0 bridgehead atoms. The lowest BCUT2D eigenvalue weighted by Crippen LogP contribution is -2.40. The molecule has 1 saturated carbocycles. The Morgan fingerprint density at radius 2 is 1.53 bits per heavy atom. The van der Waals surface area contributed by atoms with Gasteiger partial charge in [-0.2, -0.15) is 0 Å². The zero-order valence-electron chi connectivity index (χ0n) is 20.8. The Kier molecular flexibility index (Phi) is 9.54. The van der Waals surface area contributed by atoms with E-state index in [2.05, 4.69) is 4.90 Å². The number of sulfonamides is 1.